The minimum absolute atomic E-state index is 0.265. The molecule has 4 rings (SSSR count). The zero-order chi connectivity index (χ0) is 28.0. The van der Waals surface area contributed by atoms with E-state index in [1.165, 1.54) is 21.5 Å². The molecule has 4 heterocycles. The van der Waals surface area contributed by atoms with Crippen molar-refractivity contribution >= 4 is 0 Å². The molecule has 0 amide bonds. The van der Waals surface area contributed by atoms with Crippen LogP contribution in [-0.4, -0.2) is 66.8 Å². The number of hydrogen-bond donors (Lipinski definition) is 4. The van der Waals surface area contributed by atoms with Crippen LogP contribution in [0.2, 0.25) is 0 Å². The van der Waals surface area contributed by atoms with E-state index < -0.39 is 59.2 Å². The lowest BCUT2D eigenvalue weighted by molar-refractivity contribution is -0.0272. The Bertz CT molecular complexity index is 1370. The van der Waals surface area contributed by atoms with E-state index in [0.29, 0.717) is 11.1 Å². The molecule has 2 aliphatic heterocycles. The Morgan fingerprint density at radius 1 is 0.842 bits per heavy atom. The average molecular weight is 534 g/mol. The van der Waals surface area contributed by atoms with Gasteiger partial charge in [-0.15, -0.1) is 0 Å². The fourth-order valence-corrected chi connectivity index (χ4v) is 4.08. The smallest absolute Gasteiger partial charge is 0.330 e. The van der Waals surface area contributed by atoms with Crippen molar-refractivity contribution in [2.75, 3.05) is 13.2 Å². The third-order valence-corrected chi connectivity index (χ3v) is 6.08. The Balaban J connectivity index is 0.000000211. The van der Waals surface area contributed by atoms with Crippen LogP contribution in [0.25, 0.3) is 20.9 Å². The van der Waals surface area contributed by atoms with E-state index in [4.69, 9.17) is 30.7 Å². The molecule has 2 aliphatic rings. The van der Waals surface area contributed by atoms with Crippen LogP contribution in [0.1, 0.15) is 36.4 Å². The van der Waals surface area contributed by atoms with Crippen LogP contribution in [0.15, 0.2) is 41.8 Å². The summed E-state index contributed by atoms with van der Waals surface area (Å²) in [7, 11) is 0. The second-order valence-electron chi connectivity index (χ2n) is 8.60. The van der Waals surface area contributed by atoms with Crippen molar-refractivity contribution in [1.29, 1.82) is 0 Å². The second kappa shape index (κ2) is 12.4. The Morgan fingerprint density at radius 2 is 1.21 bits per heavy atom. The zero-order valence-corrected chi connectivity index (χ0v) is 20.4. The van der Waals surface area contributed by atoms with Crippen LogP contribution in [-0.2, 0) is 9.47 Å². The number of aliphatic hydroxyl groups excluding tert-OH is 2. The fourth-order valence-electron chi connectivity index (χ4n) is 4.08. The highest BCUT2D eigenvalue weighted by molar-refractivity contribution is 5.03. The van der Waals surface area contributed by atoms with Crippen molar-refractivity contribution < 1.29 is 19.7 Å². The molecule has 0 spiro atoms. The number of aliphatic hydroxyl groups is 2. The van der Waals surface area contributed by atoms with Crippen molar-refractivity contribution in [3.05, 3.63) is 86.1 Å². The van der Waals surface area contributed by atoms with Crippen LogP contribution in [0.4, 0.5) is 0 Å². The van der Waals surface area contributed by atoms with Crippen molar-refractivity contribution in [3.63, 3.8) is 0 Å². The van der Waals surface area contributed by atoms with Crippen LogP contribution >= 0.6 is 0 Å². The molecule has 18 nitrogen and oxygen atoms in total. The second-order valence-corrected chi connectivity index (χ2v) is 8.60. The van der Waals surface area contributed by atoms with Crippen LogP contribution in [0.3, 0.4) is 0 Å². The number of aromatic amines is 2. The maximum absolute atomic E-state index is 11.7. The van der Waals surface area contributed by atoms with Gasteiger partial charge in [0.25, 0.3) is 11.1 Å². The van der Waals surface area contributed by atoms with Crippen molar-refractivity contribution in [2.45, 2.75) is 63.4 Å². The maximum atomic E-state index is 11.7. The van der Waals surface area contributed by atoms with Crippen molar-refractivity contribution in [1.82, 2.24) is 19.1 Å². The first-order valence-corrected chi connectivity index (χ1v) is 11.4. The van der Waals surface area contributed by atoms with Gasteiger partial charge in [0, 0.05) is 46.2 Å². The monoisotopic (exact) mass is 534 g/mol. The molecule has 0 radical (unpaired) electrons. The number of rotatable bonds is 6. The number of aryl methyl sites for hydroxylation is 2. The van der Waals surface area contributed by atoms with Gasteiger partial charge in [0.15, 0.2) is 0 Å². The Hall–Kier alpha value is -4.18. The number of hydrogen-bond acceptors (Lipinski definition) is 10. The molecule has 0 saturated carbocycles. The fraction of sp³-hybridized carbons (Fsp3) is 0.600. The van der Waals surface area contributed by atoms with Gasteiger partial charge in [0.2, 0.25) is 0 Å². The lowest BCUT2D eigenvalue weighted by Crippen LogP contribution is -2.33. The molecule has 0 aromatic carbocycles. The van der Waals surface area contributed by atoms with Crippen molar-refractivity contribution in [3.8, 4) is 0 Å². The standard InChI is InChI=1S/2C10H13N5O4/c2*1-5-3-15(10(18)12-9(5)17)8-2-6(13-14-11)7(4-16)19-8/h2*3,6-8,16H,2,4H2,1H3,(H,12,17,18)/t2*6-,7+,8+/m00/s1. The third kappa shape index (κ3) is 6.20. The average Bonchev–Trinajstić information content (AvgIpc) is 3.48. The summed E-state index contributed by atoms with van der Waals surface area (Å²) in [6.45, 7) is 2.52. The van der Waals surface area contributed by atoms with E-state index in [0.717, 1.165) is 0 Å². The number of azide groups is 2. The Labute approximate surface area is 212 Å². The molecule has 2 aromatic rings. The van der Waals surface area contributed by atoms with Crippen LogP contribution in [0.5, 0.6) is 0 Å². The summed E-state index contributed by atoms with van der Waals surface area (Å²) in [6.07, 6.45) is 0.658. The van der Waals surface area contributed by atoms with Gasteiger partial charge in [-0.3, -0.25) is 28.7 Å². The summed E-state index contributed by atoms with van der Waals surface area (Å²) in [5, 5.41) is 25.3. The first kappa shape index (κ1) is 28.4. The molecule has 4 N–H and O–H groups in total. The highest BCUT2D eigenvalue weighted by atomic mass is 16.5. The molecule has 2 saturated heterocycles. The van der Waals surface area contributed by atoms with E-state index in [9.17, 15) is 19.2 Å². The number of nitrogens with one attached hydrogen (secondary N) is 2. The molecular formula is C20H26N10O8. The number of aromatic nitrogens is 4. The van der Waals surface area contributed by atoms with Gasteiger partial charge < -0.3 is 19.7 Å². The van der Waals surface area contributed by atoms with E-state index >= 15 is 0 Å². The predicted molar refractivity (Wildman–Crippen MR) is 129 cm³/mol. The highest BCUT2D eigenvalue weighted by Crippen LogP contribution is 2.30. The lowest BCUT2D eigenvalue weighted by Gasteiger charge is -2.14. The number of nitrogens with zero attached hydrogens (tertiary/aromatic N) is 8. The quantitative estimate of drug-likeness (QED) is 0.215. The summed E-state index contributed by atoms with van der Waals surface area (Å²) in [4.78, 5) is 55.7. The van der Waals surface area contributed by atoms with Crippen LogP contribution in [0, 0.1) is 13.8 Å². The molecule has 204 valence electrons. The van der Waals surface area contributed by atoms with Gasteiger partial charge in [0.05, 0.1) is 37.5 Å². The minimum Gasteiger partial charge on any atom is -0.394 e. The van der Waals surface area contributed by atoms with E-state index in [1.54, 1.807) is 13.8 Å². The molecule has 0 aliphatic carbocycles. The Kier molecular flexibility index (Phi) is 9.25. The van der Waals surface area contributed by atoms with Gasteiger partial charge in [-0.25, -0.2) is 9.59 Å². The first-order chi connectivity index (χ1) is 18.1. The molecule has 2 aromatic heterocycles. The summed E-state index contributed by atoms with van der Waals surface area (Å²) >= 11 is 0. The van der Waals surface area contributed by atoms with Crippen molar-refractivity contribution in [2.24, 2.45) is 10.2 Å². The number of H-pyrrole nitrogens is 2. The van der Waals surface area contributed by atoms with Gasteiger partial charge >= 0.3 is 11.4 Å². The van der Waals surface area contributed by atoms with E-state index in [1.807, 2.05) is 0 Å². The molecule has 0 unspecified atom stereocenters. The SMILES string of the molecule is Cc1cn([C@H]2C[C@H](N=[N+]=[N-])[C@@H](CO)O2)c(=O)[nH]c1=O.Cc1cn([C@H]2C[C@H](N=[N+]=[N-])[C@@H](CO)O2)c(=O)[nH]c1=O. The molecule has 6 atom stereocenters. The maximum Gasteiger partial charge on any atom is 0.330 e. The first-order valence-electron chi connectivity index (χ1n) is 11.4. The summed E-state index contributed by atoms with van der Waals surface area (Å²) < 4.78 is 13.4. The molecule has 38 heavy (non-hydrogen) atoms. The third-order valence-electron chi connectivity index (χ3n) is 6.08. The van der Waals surface area contributed by atoms with Gasteiger partial charge in [-0.2, -0.15) is 0 Å². The van der Waals surface area contributed by atoms with Crippen LogP contribution < -0.4 is 22.5 Å². The normalized spacial score (nSPS) is 26.1. The minimum atomic E-state index is -0.671. The zero-order valence-electron chi connectivity index (χ0n) is 20.4. The summed E-state index contributed by atoms with van der Waals surface area (Å²) in [5.41, 5.74) is 15.5. The largest absolute Gasteiger partial charge is 0.394 e. The molecule has 2 fully saturated rings. The predicted octanol–water partition coefficient (Wildman–Crippen LogP) is -0.393. The van der Waals surface area contributed by atoms with Gasteiger partial charge in [-0.1, -0.05) is 10.2 Å². The topological polar surface area (TPSA) is 266 Å². The summed E-state index contributed by atoms with van der Waals surface area (Å²) in [5.74, 6) is 0. The van der Waals surface area contributed by atoms with Gasteiger partial charge in [-0.05, 0) is 24.9 Å². The molecule has 0 bridgehead atoms. The highest BCUT2D eigenvalue weighted by Gasteiger charge is 2.36. The molecular weight excluding hydrogens is 508 g/mol. The van der Waals surface area contributed by atoms with E-state index in [-0.39, 0.29) is 26.1 Å². The molecule has 18 heteroatoms. The number of ether oxygens (including phenoxy) is 2. The lowest BCUT2D eigenvalue weighted by atomic mass is 10.1. The van der Waals surface area contributed by atoms with E-state index in [2.05, 4.69) is 30.0 Å². The Morgan fingerprint density at radius 3 is 1.53 bits per heavy atom. The van der Waals surface area contributed by atoms with Gasteiger partial charge in [0.1, 0.15) is 12.5 Å². The summed E-state index contributed by atoms with van der Waals surface area (Å²) in [6, 6.07) is -1.08.